The second kappa shape index (κ2) is 8.19. The quantitative estimate of drug-likeness (QED) is 0.459. The molecule has 1 aliphatic heterocycles. The molecule has 1 fully saturated rings. The van der Waals surface area contributed by atoms with Gasteiger partial charge in [-0.2, -0.15) is 15.0 Å². The highest BCUT2D eigenvalue weighted by atomic mass is 16.2. The lowest BCUT2D eigenvalue weighted by molar-refractivity contribution is -0.143. The Bertz CT molecular complexity index is 1170. The van der Waals surface area contributed by atoms with Crippen LogP contribution in [0.4, 0.5) is 22.4 Å². The first-order valence-electron chi connectivity index (χ1n) is 9.46. The van der Waals surface area contributed by atoms with Gasteiger partial charge in [0.1, 0.15) is 0 Å². The maximum atomic E-state index is 12.7. The van der Waals surface area contributed by atoms with E-state index >= 15 is 0 Å². The minimum absolute atomic E-state index is 0.000176. The fourth-order valence-electron chi connectivity index (χ4n) is 3.13. The number of anilines is 3. The van der Waals surface area contributed by atoms with Crippen LogP contribution >= 0.6 is 0 Å². The van der Waals surface area contributed by atoms with Gasteiger partial charge in [-0.15, -0.1) is 0 Å². The molecule has 31 heavy (non-hydrogen) atoms. The summed E-state index contributed by atoms with van der Waals surface area (Å²) >= 11 is 0. The number of hydrogen-bond donors (Lipinski definition) is 2. The summed E-state index contributed by atoms with van der Waals surface area (Å²) in [6.45, 7) is 1.62. The molecule has 0 saturated carbocycles. The molecule has 3 aromatic rings. The number of imide groups is 2. The van der Waals surface area contributed by atoms with Crippen LogP contribution in [-0.2, 0) is 22.7 Å². The first-order valence-corrected chi connectivity index (χ1v) is 9.46. The van der Waals surface area contributed by atoms with Gasteiger partial charge in [0.25, 0.3) is 0 Å². The number of aryl methyl sites for hydroxylation is 1. The SMILES string of the molecule is Cc1ccccc1Nc1nc(N)nc(CN2C(=O)C(=O)N(Cc3ccccc3)C2=O)n1. The second-order valence-corrected chi connectivity index (χ2v) is 6.92. The van der Waals surface area contributed by atoms with Crippen molar-refractivity contribution in [2.24, 2.45) is 0 Å². The molecule has 0 atom stereocenters. The summed E-state index contributed by atoms with van der Waals surface area (Å²) in [4.78, 5) is 51.5. The minimum Gasteiger partial charge on any atom is -0.368 e. The van der Waals surface area contributed by atoms with Crippen molar-refractivity contribution in [3.63, 3.8) is 0 Å². The van der Waals surface area contributed by atoms with Crippen LogP contribution in [0.2, 0.25) is 0 Å². The molecular weight excluding hydrogens is 398 g/mol. The van der Waals surface area contributed by atoms with E-state index in [0.29, 0.717) is 0 Å². The molecule has 4 rings (SSSR count). The topological polar surface area (TPSA) is 134 Å². The van der Waals surface area contributed by atoms with E-state index in [1.54, 1.807) is 24.3 Å². The molecule has 1 saturated heterocycles. The molecule has 156 valence electrons. The molecule has 10 heteroatoms. The Labute approximate surface area is 177 Å². The summed E-state index contributed by atoms with van der Waals surface area (Å²) in [5.41, 5.74) is 8.26. The molecule has 1 aromatic heterocycles. The largest absolute Gasteiger partial charge is 0.368 e. The molecule has 0 aliphatic carbocycles. The average Bonchev–Trinajstić information content (AvgIpc) is 2.94. The van der Waals surface area contributed by atoms with E-state index in [4.69, 9.17) is 5.73 Å². The number of nitrogens with zero attached hydrogens (tertiary/aromatic N) is 5. The van der Waals surface area contributed by atoms with Crippen molar-refractivity contribution >= 4 is 35.4 Å². The summed E-state index contributed by atoms with van der Waals surface area (Å²) in [5.74, 6) is -1.65. The molecule has 4 amide bonds. The molecule has 0 radical (unpaired) electrons. The number of nitrogens with two attached hydrogens (primary N) is 1. The summed E-state index contributed by atoms with van der Waals surface area (Å²) in [7, 11) is 0. The van der Waals surface area contributed by atoms with Crippen LogP contribution in [-0.4, -0.2) is 42.6 Å². The predicted octanol–water partition coefficient (Wildman–Crippen LogP) is 2.00. The van der Waals surface area contributed by atoms with Crippen LogP contribution in [0.5, 0.6) is 0 Å². The van der Waals surface area contributed by atoms with Crippen LogP contribution in [0.3, 0.4) is 0 Å². The Kier molecular flexibility index (Phi) is 5.27. The highest BCUT2D eigenvalue weighted by Gasteiger charge is 2.44. The van der Waals surface area contributed by atoms with Crippen LogP contribution in [0.15, 0.2) is 54.6 Å². The van der Waals surface area contributed by atoms with Crippen LogP contribution in [0.1, 0.15) is 17.0 Å². The van der Waals surface area contributed by atoms with Gasteiger partial charge in [0.15, 0.2) is 5.82 Å². The smallest absolute Gasteiger partial charge is 0.334 e. The van der Waals surface area contributed by atoms with Crippen LogP contribution in [0.25, 0.3) is 0 Å². The van der Waals surface area contributed by atoms with Gasteiger partial charge >= 0.3 is 17.8 Å². The zero-order valence-electron chi connectivity index (χ0n) is 16.6. The van der Waals surface area contributed by atoms with Crippen molar-refractivity contribution in [1.82, 2.24) is 24.8 Å². The molecule has 10 nitrogen and oxygen atoms in total. The van der Waals surface area contributed by atoms with Gasteiger partial charge in [-0.05, 0) is 24.1 Å². The number of urea groups is 1. The van der Waals surface area contributed by atoms with E-state index in [9.17, 15) is 14.4 Å². The standard InChI is InChI=1S/C21H19N7O3/c1-13-7-5-6-10-15(13)23-20-25-16(24-19(22)26-20)12-28-18(30)17(29)27(21(28)31)11-14-8-3-2-4-9-14/h2-10H,11-12H2,1H3,(H3,22,23,24,25,26). The van der Waals surface area contributed by atoms with Gasteiger partial charge in [-0.3, -0.25) is 14.5 Å². The molecule has 0 spiro atoms. The number of carbonyl (C=O) groups excluding carboxylic acids is 3. The lowest BCUT2D eigenvalue weighted by Crippen LogP contribution is -2.33. The first-order chi connectivity index (χ1) is 14.9. The molecule has 1 aliphatic rings. The highest BCUT2D eigenvalue weighted by molar-refractivity contribution is 6.44. The van der Waals surface area contributed by atoms with Crippen molar-refractivity contribution in [2.75, 3.05) is 11.1 Å². The molecule has 2 aromatic carbocycles. The summed E-state index contributed by atoms with van der Waals surface area (Å²) in [5, 5.41) is 3.04. The normalized spacial score (nSPS) is 13.8. The fourth-order valence-corrected chi connectivity index (χ4v) is 3.13. The van der Waals surface area contributed by atoms with Gasteiger partial charge < -0.3 is 11.1 Å². The van der Waals surface area contributed by atoms with Gasteiger partial charge in [-0.25, -0.2) is 9.69 Å². The zero-order chi connectivity index (χ0) is 22.0. The fraction of sp³-hybridized carbons (Fsp3) is 0.143. The second-order valence-electron chi connectivity index (χ2n) is 6.92. The minimum atomic E-state index is -0.937. The summed E-state index contributed by atoms with van der Waals surface area (Å²) in [6.07, 6.45) is 0. The lowest BCUT2D eigenvalue weighted by Gasteiger charge is -2.15. The number of nitrogen functional groups attached to an aromatic ring is 1. The third kappa shape index (κ3) is 4.17. The number of para-hydroxylation sites is 1. The van der Waals surface area contributed by atoms with Gasteiger partial charge in [0.2, 0.25) is 11.9 Å². The van der Waals surface area contributed by atoms with Crippen molar-refractivity contribution in [3.8, 4) is 0 Å². The van der Waals surface area contributed by atoms with Gasteiger partial charge in [0.05, 0.1) is 13.1 Å². The van der Waals surface area contributed by atoms with Crippen LogP contribution < -0.4 is 11.1 Å². The van der Waals surface area contributed by atoms with Crippen molar-refractivity contribution in [2.45, 2.75) is 20.0 Å². The summed E-state index contributed by atoms with van der Waals surface area (Å²) in [6, 6.07) is 15.7. The Balaban J connectivity index is 1.54. The number of aromatic nitrogens is 3. The maximum absolute atomic E-state index is 12.7. The highest BCUT2D eigenvalue weighted by Crippen LogP contribution is 2.20. The number of amides is 4. The van der Waals surface area contributed by atoms with Crippen LogP contribution in [0, 0.1) is 6.92 Å². The average molecular weight is 417 g/mol. The lowest BCUT2D eigenvalue weighted by atomic mass is 10.2. The number of hydrogen-bond acceptors (Lipinski definition) is 8. The number of rotatable bonds is 6. The number of carbonyl (C=O) groups is 3. The van der Waals surface area contributed by atoms with E-state index in [2.05, 4.69) is 20.3 Å². The van der Waals surface area contributed by atoms with Gasteiger partial charge in [-0.1, -0.05) is 48.5 Å². The van der Waals surface area contributed by atoms with E-state index in [0.717, 1.165) is 26.6 Å². The van der Waals surface area contributed by atoms with E-state index < -0.39 is 17.8 Å². The molecule has 3 N–H and O–H groups in total. The molecule has 2 heterocycles. The zero-order valence-corrected chi connectivity index (χ0v) is 16.6. The first kappa shape index (κ1) is 20.0. The van der Waals surface area contributed by atoms with Crippen molar-refractivity contribution in [3.05, 3.63) is 71.5 Å². The maximum Gasteiger partial charge on any atom is 0.334 e. The third-order valence-electron chi connectivity index (χ3n) is 4.71. The van der Waals surface area contributed by atoms with Crippen molar-refractivity contribution < 1.29 is 14.4 Å². The predicted molar refractivity (Wildman–Crippen MR) is 112 cm³/mol. The Morgan fingerprint density at radius 3 is 2.19 bits per heavy atom. The van der Waals surface area contributed by atoms with E-state index in [1.165, 1.54) is 0 Å². The summed E-state index contributed by atoms with van der Waals surface area (Å²) < 4.78 is 0. The third-order valence-corrected chi connectivity index (χ3v) is 4.71. The molecule has 0 unspecified atom stereocenters. The van der Waals surface area contributed by atoms with Gasteiger partial charge in [0, 0.05) is 5.69 Å². The van der Waals surface area contributed by atoms with Crippen molar-refractivity contribution in [1.29, 1.82) is 0 Å². The van der Waals surface area contributed by atoms with E-state index in [1.807, 2.05) is 37.3 Å². The Morgan fingerprint density at radius 1 is 0.839 bits per heavy atom. The number of benzene rings is 2. The monoisotopic (exact) mass is 417 g/mol. The molecule has 0 bridgehead atoms. The number of nitrogens with one attached hydrogen (secondary N) is 1. The van der Waals surface area contributed by atoms with E-state index in [-0.39, 0.29) is 30.8 Å². The Morgan fingerprint density at radius 2 is 1.48 bits per heavy atom. The molecular formula is C21H19N7O3. The Hall–Kier alpha value is -4.34.